The number of fused-ring (bicyclic) bond motifs is 1. The highest BCUT2D eigenvalue weighted by Gasteiger charge is 2.51. The van der Waals surface area contributed by atoms with Crippen LogP contribution in [0.5, 0.6) is 0 Å². The molecule has 2 fully saturated rings. The van der Waals surface area contributed by atoms with E-state index in [1.165, 1.54) is 23.1 Å². The number of benzene rings is 1. The van der Waals surface area contributed by atoms with Gasteiger partial charge in [-0.2, -0.15) is 5.26 Å². The molecule has 0 aromatic heterocycles. The van der Waals surface area contributed by atoms with E-state index in [1.807, 2.05) is 13.0 Å². The monoisotopic (exact) mass is 286 g/mol. The highest BCUT2D eigenvalue weighted by molar-refractivity contribution is 6.05. The van der Waals surface area contributed by atoms with E-state index >= 15 is 0 Å². The Hall–Kier alpha value is -2.22. The molecule has 0 radical (unpaired) electrons. The molecule has 0 N–H and O–H groups in total. The van der Waals surface area contributed by atoms with Crippen LogP contribution < -0.4 is 0 Å². The standard InChI is InChI=1S/C16H15FN2O2/c1-9-4-13-14(5-9)16(21)19(15(13)20)8-11-6-12(17)3-2-10(11)7-18/h2-3,6,9,13-14H,4-5,8H2,1H3. The van der Waals surface area contributed by atoms with Gasteiger partial charge in [-0.05, 0) is 42.5 Å². The first-order valence-electron chi connectivity index (χ1n) is 7.05. The molecule has 2 amide bonds. The number of carbonyl (C=O) groups excluding carboxylic acids is 2. The highest BCUT2D eigenvalue weighted by atomic mass is 19.1. The number of likely N-dealkylation sites (tertiary alicyclic amines) is 1. The molecule has 0 bridgehead atoms. The molecule has 108 valence electrons. The molecule has 3 rings (SSSR count). The van der Waals surface area contributed by atoms with Crippen LogP contribution in [0.25, 0.3) is 0 Å². The van der Waals surface area contributed by atoms with Crippen LogP contribution in [0.3, 0.4) is 0 Å². The molecular formula is C16H15FN2O2. The normalized spacial score (nSPS) is 27.9. The van der Waals surface area contributed by atoms with Crippen LogP contribution in [0.2, 0.25) is 0 Å². The van der Waals surface area contributed by atoms with Crippen molar-refractivity contribution in [1.82, 2.24) is 4.90 Å². The zero-order valence-electron chi connectivity index (χ0n) is 11.7. The van der Waals surface area contributed by atoms with E-state index < -0.39 is 5.82 Å². The summed E-state index contributed by atoms with van der Waals surface area (Å²) in [6.07, 6.45) is 1.47. The van der Waals surface area contributed by atoms with Crippen molar-refractivity contribution in [2.24, 2.45) is 17.8 Å². The zero-order chi connectivity index (χ0) is 15.1. The minimum absolute atomic E-state index is 0.0142. The van der Waals surface area contributed by atoms with Crippen LogP contribution in [0.1, 0.15) is 30.9 Å². The smallest absolute Gasteiger partial charge is 0.233 e. The molecule has 1 aliphatic heterocycles. The molecule has 0 spiro atoms. The van der Waals surface area contributed by atoms with Gasteiger partial charge in [0.05, 0.1) is 30.0 Å². The van der Waals surface area contributed by atoms with E-state index in [0.717, 1.165) is 12.8 Å². The van der Waals surface area contributed by atoms with Gasteiger partial charge in [0.25, 0.3) is 0 Å². The van der Waals surface area contributed by atoms with Crippen molar-refractivity contribution in [3.8, 4) is 6.07 Å². The molecule has 1 heterocycles. The minimum atomic E-state index is -0.475. The second kappa shape index (κ2) is 4.96. The number of hydrogen-bond acceptors (Lipinski definition) is 3. The van der Waals surface area contributed by atoms with E-state index in [-0.39, 0.29) is 30.2 Å². The van der Waals surface area contributed by atoms with E-state index in [0.29, 0.717) is 17.0 Å². The van der Waals surface area contributed by atoms with Crippen molar-refractivity contribution in [3.63, 3.8) is 0 Å². The van der Waals surface area contributed by atoms with Crippen LogP contribution >= 0.6 is 0 Å². The second-order valence-corrected chi connectivity index (χ2v) is 5.97. The number of imide groups is 1. The lowest BCUT2D eigenvalue weighted by Gasteiger charge is -2.17. The molecule has 4 nitrogen and oxygen atoms in total. The Labute approximate surface area is 122 Å². The van der Waals surface area contributed by atoms with Gasteiger partial charge in [0.1, 0.15) is 5.82 Å². The van der Waals surface area contributed by atoms with Gasteiger partial charge in [0, 0.05) is 0 Å². The number of carbonyl (C=O) groups is 2. The Morgan fingerprint density at radius 1 is 1.29 bits per heavy atom. The lowest BCUT2D eigenvalue weighted by atomic mass is 10.00. The van der Waals surface area contributed by atoms with E-state index in [1.54, 1.807) is 0 Å². The predicted molar refractivity (Wildman–Crippen MR) is 72.1 cm³/mol. The number of nitriles is 1. The van der Waals surface area contributed by atoms with Gasteiger partial charge in [-0.3, -0.25) is 14.5 Å². The zero-order valence-corrected chi connectivity index (χ0v) is 11.7. The van der Waals surface area contributed by atoms with Gasteiger partial charge in [0.15, 0.2) is 0 Å². The van der Waals surface area contributed by atoms with E-state index in [9.17, 15) is 14.0 Å². The molecule has 1 aromatic rings. The molecule has 2 unspecified atom stereocenters. The summed E-state index contributed by atoms with van der Waals surface area (Å²) >= 11 is 0. The fourth-order valence-electron chi connectivity index (χ4n) is 3.47. The summed E-state index contributed by atoms with van der Waals surface area (Å²) in [5.74, 6) is -0.904. The first kappa shape index (κ1) is 13.7. The minimum Gasteiger partial charge on any atom is -0.278 e. The molecular weight excluding hydrogens is 271 g/mol. The Morgan fingerprint density at radius 2 is 1.90 bits per heavy atom. The van der Waals surface area contributed by atoms with Crippen LogP contribution in [-0.2, 0) is 16.1 Å². The molecule has 1 saturated carbocycles. The van der Waals surface area contributed by atoms with Gasteiger partial charge >= 0.3 is 0 Å². The van der Waals surface area contributed by atoms with Crippen LogP contribution in [0.4, 0.5) is 4.39 Å². The third-order valence-electron chi connectivity index (χ3n) is 4.48. The lowest BCUT2D eigenvalue weighted by molar-refractivity contribution is -0.141. The predicted octanol–water partition coefficient (Wildman–Crippen LogP) is 2.23. The molecule has 2 aliphatic rings. The van der Waals surface area contributed by atoms with Crippen molar-refractivity contribution in [3.05, 3.63) is 35.1 Å². The molecule has 21 heavy (non-hydrogen) atoms. The largest absolute Gasteiger partial charge is 0.278 e. The first-order chi connectivity index (χ1) is 10.0. The molecule has 5 heteroatoms. The maximum Gasteiger partial charge on any atom is 0.233 e. The summed E-state index contributed by atoms with van der Waals surface area (Å²) in [6.45, 7) is 2.03. The maximum absolute atomic E-state index is 13.3. The summed E-state index contributed by atoms with van der Waals surface area (Å²) in [4.78, 5) is 25.9. The Morgan fingerprint density at radius 3 is 2.48 bits per heavy atom. The topological polar surface area (TPSA) is 61.2 Å². The van der Waals surface area contributed by atoms with Gasteiger partial charge in [-0.25, -0.2) is 4.39 Å². The van der Waals surface area contributed by atoms with Gasteiger partial charge in [0.2, 0.25) is 11.8 Å². The van der Waals surface area contributed by atoms with Crippen LogP contribution in [0, 0.1) is 34.9 Å². The van der Waals surface area contributed by atoms with Crippen LogP contribution in [0.15, 0.2) is 18.2 Å². The quantitative estimate of drug-likeness (QED) is 0.783. The van der Waals surface area contributed by atoms with Crippen molar-refractivity contribution in [2.45, 2.75) is 26.3 Å². The summed E-state index contributed by atoms with van der Waals surface area (Å²) < 4.78 is 13.3. The molecule has 1 aromatic carbocycles. The fraction of sp³-hybridized carbons (Fsp3) is 0.438. The summed E-state index contributed by atoms with van der Waals surface area (Å²) in [5.41, 5.74) is 0.676. The number of halogens is 1. The average Bonchev–Trinajstić information content (AvgIpc) is 2.93. The van der Waals surface area contributed by atoms with Crippen molar-refractivity contribution < 1.29 is 14.0 Å². The van der Waals surface area contributed by atoms with Crippen LogP contribution in [-0.4, -0.2) is 16.7 Å². The summed E-state index contributed by atoms with van der Waals surface area (Å²) in [5, 5.41) is 9.05. The second-order valence-electron chi connectivity index (χ2n) is 5.97. The third-order valence-corrected chi connectivity index (χ3v) is 4.48. The van der Waals surface area contributed by atoms with Gasteiger partial charge in [-0.1, -0.05) is 6.92 Å². The van der Waals surface area contributed by atoms with Gasteiger partial charge < -0.3 is 0 Å². The third kappa shape index (κ3) is 2.21. The van der Waals surface area contributed by atoms with E-state index in [2.05, 4.69) is 0 Å². The SMILES string of the molecule is CC1CC2C(=O)N(Cc3cc(F)ccc3C#N)C(=O)C2C1. The number of nitrogens with zero attached hydrogens (tertiary/aromatic N) is 2. The Balaban J connectivity index is 1.87. The van der Waals surface area contributed by atoms with Crippen molar-refractivity contribution in [2.75, 3.05) is 0 Å². The van der Waals surface area contributed by atoms with Crippen molar-refractivity contribution >= 4 is 11.8 Å². The number of rotatable bonds is 2. The highest BCUT2D eigenvalue weighted by Crippen LogP contribution is 2.43. The Kier molecular flexibility index (Phi) is 3.25. The fourth-order valence-corrected chi connectivity index (χ4v) is 3.47. The Bertz CT molecular complexity index is 641. The number of hydrogen-bond donors (Lipinski definition) is 0. The lowest BCUT2D eigenvalue weighted by Crippen LogP contribution is -2.32. The van der Waals surface area contributed by atoms with Crippen molar-refractivity contribution in [1.29, 1.82) is 5.26 Å². The summed E-state index contributed by atoms with van der Waals surface area (Å²) in [7, 11) is 0. The van der Waals surface area contributed by atoms with E-state index in [4.69, 9.17) is 5.26 Å². The molecule has 1 saturated heterocycles. The number of amides is 2. The average molecular weight is 286 g/mol. The first-order valence-corrected chi connectivity index (χ1v) is 7.05. The maximum atomic E-state index is 13.3. The molecule has 2 atom stereocenters. The van der Waals surface area contributed by atoms with Gasteiger partial charge in [-0.15, -0.1) is 0 Å². The summed E-state index contributed by atoms with van der Waals surface area (Å²) in [6, 6.07) is 5.76. The molecule has 1 aliphatic carbocycles.